The number of benzene rings is 1. The second-order valence-corrected chi connectivity index (χ2v) is 10.2. The van der Waals surface area contributed by atoms with Gasteiger partial charge in [-0.3, -0.25) is 9.89 Å². The summed E-state index contributed by atoms with van der Waals surface area (Å²) in [5.41, 5.74) is 1.38. The molecule has 1 aliphatic carbocycles. The largest absolute Gasteiger partial charge is 0.493 e. The van der Waals surface area contributed by atoms with Crippen LogP contribution in [0, 0.1) is 5.92 Å². The Balaban J connectivity index is 1.33. The number of piperidine rings is 1. The lowest BCUT2D eigenvalue weighted by Crippen LogP contribution is -2.54. The van der Waals surface area contributed by atoms with Gasteiger partial charge in [0.2, 0.25) is 0 Å². The van der Waals surface area contributed by atoms with Crippen LogP contribution in [0.4, 0.5) is 0 Å². The van der Waals surface area contributed by atoms with Crippen LogP contribution in [0.1, 0.15) is 24.8 Å². The molecule has 0 saturated carbocycles. The highest BCUT2D eigenvalue weighted by Gasteiger charge is 2.36. The third-order valence-electron chi connectivity index (χ3n) is 7.68. The van der Waals surface area contributed by atoms with Gasteiger partial charge in [-0.25, -0.2) is 4.99 Å². The number of methoxy groups -OCH3 is 2. The summed E-state index contributed by atoms with van der Waals surface area (Å²) >= 11 is 0. The first-order valence-electron chi connectivity index (χ1n) is 13.3. The SMILES string of the molecule is COC1=C[C@@H]2C(=NC3CCN(Cc4ccccc4)CC3)NC(N3CCCN(C)CC3)=N[C@@H]2C=C1OC. The average Bonchev–Trinajstić information content (AvgIpc) is 3.14. The van der Waals surface area contributed by atoms with Crippen molar-refractivity contribution in [1.29, 1.82) is 0 Å². The molecule has 0 spiro atoms. The van der Waals surface area contributed by atoms with E-state index in [-0.39, 0.29) is 12.0 Å². The molecule has 0 aromatic heterocycles. The van der Waals surface area contributed by atoms with Gasteiger partial charge in [-0.15, -0.1) is 0 Å². The van der Waals surface area contributed by atoms with E-state index in [0.717, 1.165) is 88.4 Å². The highest BCUT2D eigenvalue weighted by Crippen LogP contribution is 2.30. The van der Waals surface area contributed by atoms with Crippen LogP contribution >= 0.6 is 0 Å². The molecule has 2 fully saturated rings. The number of nitrogens with one attached hydrogen (secondary N) is 1. The van der Waals surface area contributed by atoms with E-state index in [9.17, 15) is 0 Å². The van der Waals surface area contributed by atoms with Crippen molar-refractivity contribution in [2.45, 2.75) is 37.9 Å². The number of ether oxygens (including phenoxy) is 2. The van der Waals surface area contributed by atoms with Gasteiger partial charge < -0.3 is 24.6 Å². The van der Waals surface area contributed by atoms with Crippen molar-refractivity contribution < 1.29 is 9.47 Å². The number of hydrogen-bond acceptors (Lipinski definition) is 7. The molecule has 1 aromatic rings. The Morgan fingerprint density at radius 3 is 2.44 bits per heavy atom. The Bertz CT molecular complexity index is 1010. The monoisotopic (exact) mass is 492 g/mol. The molecule has 1 N–H and O–H groups in total. The van der Waals surface area contributed by atoms with Crippen LogP contribution in [0.15, 0.2) is 64.0 Å². The van der Waals surface area contributed by atoms with Crippen LogP contribution in [0.3, 0.4) is 0 Å². The molecule has 8 heteroatoms. The summed E-state index contributed by atoms with van der Waals surface area (Å²) in [6, 6.07) is 11.0. The Hall–Kier alpha value is -2.84. The number of amidine groups is 1. The Labute approximate surface area is 215 Å². The topological polar surface area (TPSA) is 64.9 Å². The van der Waals surface area contributed by atoms with Crippen molar-refractivity contribution in [3.63, 3.8) is 0 Å². The summed E-state index contributed by atoms with van der Waals surface area (Å²) in [5.74, 6) is 3.46. The Kier molecular flexibility index (Phi) is 7.92. The van der Waals surface area contributed by atoms with E-state index >= 15 is 0 Å². The normalized spacial score (nSPS) is 27.4. The average molecular weight is 493 g/mol. The van der Waals surface area contributed by atoms with E-state index in [1.54, 1.807) is 14.2 Å². The van der Waals surface area contributed by atoms with Crippen molar-refractivity contribution in [3.05, 3.63) is 59.6 Å². The lowest BCUT2D eigenvalue weighted by atomic mass is 9.90. The van der Waals surface area contributed by atoms with Gasteiger partial charge in [-0.05, 0) is 50.6 Å². The summed E-state index contributed by atoms with van der Waals surface area (Å²) in [4.78, 5) is 17.8. The number of nitrogens with zero attached hydrogens (tertiary/aromatic N) is 5. The molecule has 5 rings (SSSR count). The van der Waals surface area contributed by atoms with E-state index in [1.807, 2.05) is 0 Å². The van der Waals surface area contributed by atoms with E-state index < -0.39 is 0 Å². The van der Waals surface area contributed by atoms with Gasteiger partial charge in [0, 0.05) is 39.3 Å². The van der Waals surface area contributed by atoms with Crippen molar-refractivity contribution in [2.75, 3.05) is 60.5 Å². The minimum absolute atomic E-state index is 0.0274. The Morgan fingerprint density at radius 2 is 1.69 bits per heavy atom. The van der Waals surface area contributed by atoms with E-state index in [1.165, 1.54) is 5.56 Å². The zero-order valence-corrected chi connectivity index (χ0v) is 21.9. The Morgan fingerprint density at radius 1 is 0.944 bits per heavy atom. The maximum Gasteiger partial charge on any atom is 0.200 e. The highest BCUT2D eigenvalue weighted by molar-refractivity contribution is 6.04. The minimum Gasteiger partial charge on any atom is -0.493 e. The zero-order chi connectivity index (χ0) is 24.9. The number of rotatable bonds is 5. The number of fused-ring (bicyclic) bond motifs is 1. The second-order valence-electron chi connectivity index (χ2n) is 10.2. The molecule has 4 aliphatic rings. The third-order valence-corrected chi connectivity index (χ3v) is 7.68. The summed E-state index contributed by atoms with van der Waals surface area (Å²) in [5, 5.41) is 3.66. The molecule has 1 aromatic carbocycles. The summed E-state index contributed by atoms with van der Waals surface area (Å²) in [7, 11) is 5.57. The summed E-state index contributed by atoms with van der Waals surface area (Å²) < 4.78 is 11.3. The minimum atomic E-state index is -0.0481. The van der Waals surface area contributed by atoms with E-state index in [4.69, 9.17) is 19.5 Å². The fraction of sp³-hybridized carbons (Fsp3) is 0.571. The van der Waals surface area contributed by atoms with Gasteiger partial charge in [0.25, 0.3) is 0 Å². The van der Waals surface area contributed by atoms with Gasteiger partial charge >= 0.3 is 0 Å². The first-order valence-corrected chi connectivity index (χ1v) is 13.3. The van der Waals surface area contributed by atoms with Gasteiger partial charge in [-0.2, -0.15) is 0 Å². The highest BCUT2D eigenvalue weighted by atomic mass is 16.5. The van der Waals surface area contributed by atoms with Crippen LogP contribution < -0.4 is 5.32 Å². The molecule has 0 amide bonds. The third kappa shape index (κ3) is 5.76. The van der Waals surface area contributed by atoms with E-state index in [0.29, 0.717) is 6.04 Å². The summed E-state index contributed by atoms with van der Waals surface area (Å²) in [6.45, 7) is 7.26. The molecule has 3 heterocycles. The van der Waals surface area contributed by atoms with Gasteiger partial charge in [0.15, 0.2) is 17.5 Å². The van der Waals surface area contributed by atoms with Gasteiger partial charge in [0.1, 0.15) is 5.84 Å². The molecule has 3 aliphatic heterocycles. The van der Waals surface area contributed by atoms with Crippen molar-refractivity contribution in [3.8, 4) is 0 Å². The lowest BCUT2D eigenvalue weighted by molar-refractivity contribution is 0.205. The first-order chi connectivity index (χ1) is 17.6. The van der Waals surface area contributed by atoms with Gasteiger partial charge in [-0.1, -0.05) is 30.3 Å². The molecule has 2 atom stereocenters. The van der Waals surface area contributed by atoms with Crippen LogP contribution in [-0.4, -0.2) is 99.1 Å². The molecular formula is C28H40N6O2. The van der Waals surface area contributed by atoms with Crippen LogP contribution in [0.5, 0.6) is 0 Å². The molecule has 2 saturated heterocycles. The number of likely N-dealkylation sites (N-methyl/N-ethyl adjacent to an activating group) is 1. The standard InChI is InChI=1S/C28H40N6O2/c1-32-12-7-13-34(17-16-32)28-30-24-19-26(36-3)25(35-2)18-23(24)27(31-28)29-22-10-14-33(15-11-22)20-21-8-5-4-6-9-21/h4-6,8-9,18-19,22-24H,7,10-17,20H2,1-3H3,(H,29,30,31)/t23-,24+/m0/s1. The lowest BCUT2D eigenvalue weighted by Gasteiger charge is -2.37. The molecule has 0 bridgehead atoms. The smallest absolute Gasteiger partial charge is 0.200 e. The molecular weight excluding hydrogens is 452 g/mol. The maximum absolute atomic E-state index is 5.64. The van der Waals surface area contributed by atoms with Gasteiger partial charge in [0.05, 0.1) is 32.2 Å². The van der Waals surface area contributed by atoms with Crippen LogP contribution in [0.2, 0.25) is 0 Å². The quantitative estimate of drug-likeness (QED) is 0.682. The zero-order valence-electron chi connectivity index (χ0n) is 21.9. The first kappa shape index (κ1) is 24.8. The molecule has 0 unspecified atom stereocenters. The predicted octanol–water partition coefficient (Wildman–Crippen LogP) is 2.71. The van der Waals surface area contributed by atoms with Crippen molar-refractivity contribution in [1.82, 2.24) is 20.0 Å². The maximum atomic E-state index is 5.64. The number of aliphatic imine (C=N–C) groups is 2. The van der Waals surface area contributed by atoms with Crippen LogP contribution in [-0.2, 0) is 16.0 Å². The van der Waals surface area contributed by atoms with E-state index in [2.05, 4.69) is 69.5 Å². The fourth-order valence-corrected chi connectivity index (χ4v) is 5.53. The van der Waals surface area contributed by atoms with Crippen molar-refractivity contribution in [2.24, 2.45) is 15.9 Å². The molecule has 8 nitrogen and oxygen atoms in total. The number of likely N-dealkylation sites (tertiary alicyclic amines) is 1. The second kappa shape index (κ2) is 11.5. The predicted molar refractivity (Wildman–Crippen MR) is 144 cm³/mol. The van der Waals surface area contributed by atoms with Crippen molar-refractivity contribution >= 4 is 11.8 Å². The summed E-state index contributed by atoms with van der Waals surface area (Å²) in [6.07, 6.45) is 7.47. The molecule has 36 heavy (non-hydrogen) atoms. The molecule has 0 radical (unpaired) electrons. The number of guanidine groups is 1. The fourth-order valence-electron chi connectivity index (χ4n) is 5.53. The van der Waals surface area contributed by atoms with Crippen LogP contribution in [0.25, 0.3) is 0 Å². The molecule has 194 valence electrons. The number of hydrogen-bond donors (Lipinski definition) is 1.